The summed E-state index contributed by atoms with van der Waals surface area (Å²) in [6, 6.07) is 10.5. The van der Waals surface area contributed by atoms with Crippen molar-refractivity contribution in [1.82, 2.24) is 10.2 Å². The van der Waals surface area contributed by atoms with E-state index in [9.17, 15) is 18.0 Å². The molecule has 0 aliphatic rings. The van der Waals surface area contributed by atoms with Crippen LogP contribution in [0.25, 0.3) is 0 Å². The van der Waals surface area contributed by atoms with Gasteiger partial charge in [-0.2, -0.15) is 0 Å². The molecule has 2 aromatic carbocycles. The van der Waals surface area contributed by atoms with Gasteiger partial charge in [0.05, 0.1) is 22.0 Å². The summed E-state index contributed by atoms with van der Waals surface area (Å²) in [5.41, 5.74) is 0.228. The predicted octanol–water partition coefficient (Wildman–Crippen LogP) is 4.74. The summed E-state index contributed by atoms with van der Waals surface area (Å²) in [6.07, 6.45) is 0.967. The number of anilines is 1. The van der Waals surface area contributed by atoms with Gasteiger partial charge in [-0.15, -0.1) is 0 Å². The molecule has 34 heavy (non-hydrogen) atoms. The van der Waals surface area contributed by atoms with Crippen LogP contribution in [-0.4, -0.2) is 49.5 Å². The van der Waals surface area contributed by atoms with Crippen molar-refractivity contribution in [2.45, 2.75) is 45.8 Å². The normalized spacial score (nSPS) is 12.7. The van der Waals surface area contributed by atoms with Gasteiger partial charge in [-0.3, -0.25) is 13.9 Å². The molecule has 2 aromatic rings. The Hall–Kier alpha value is -2.00. The highest BCUT2D eigenvalue weighted by Crippen LogP contribution is 2.33. The van der Waals surface area contributed by atoms with Gasteiger partial charge in [0.1, 0.15) is 12.6 Å². The fraction of sp³-hybridized carbons (Fsp3) is 0.391. The van der Waals surface area contributed by atoms with Crippen LogP contribution in [0.5, 0.6) is 0 Å². The van der Waals surface area contributed by atoms with E-state index < -0.39 is 34.1 Å². The van der Waals surface area contributed by atoms with Gasteiger partial charge in [-0.1, -0.05) is 53.0 Å². The summed E-state index contributed by atoms with van der Waals surface area (Å²) < 4.78 is 26.1. The van der Waals surface area contributed by atoms with Crippen molar-refractivity contribution in [3.05, 3.63) is 63.1 Å². The van der Waals surface area contributed by atoms with E-state index in [4.69, 9.17) is 34.8 Å². The number of rotatable bonds is 8. The largest absolute Gasteiger partial charge is 0.350 e. The van der Waals surface area contributed by atoms with Crippen LogP contribution < -0.4 is 9.62 Å². The molecule has 2 amide bonds. The maximum atomic E-state index is 13.5. The minimum Gasteiger partial charge on any atom is -0.350 e. The molecule has 0 spiro atoms. The lowest BCUT2D eigenvalue weighted by Crippen LogP contribution is -2.54. The molecule has 0 saturated heterocycles. The molecule has 0 bridgehead atoms. The van der Waals surface area contributed by atoms with Crippen molar-refractivity contribution in [2.24, 2.45) is 0 Å². The molecular formula is C23H28Cl3N3O4S. The first-order valence-electron chi connectivity index (χ1n) is 10.4. The Morgan fingerprint density at radius 3 is 2.24 bits per heavy atom. The van der Waals surface area contributed by atoms with E-state index in [-0.39, 0.29) is 28.2 Å². The maximum Gasteiger partial charge on any atom is 0.244 e. The lowest BCUT2D eigenvalue weighted by Gasteiger charge is -2.33. The standard InChI is InChI=1S/C23H28Cl3N3O4S/c1-15(22(31)27-23(2,3)4)28(13-16-8-6-9-17(24)12-16)20(30)14-29(34(5,32)33)19-11-7-10-18(25)21(19)26/h6-12,15H,13-14H2,1-5H3,(H,27,31)/t15-/m1/s1. The summed E-state index contributed by atoms with van der Waals surface area (Å²) in [4.78, 5) is 27.7. The molecule has 0 aliphatic heterocycles. The molecule has 0 heterocycles. The van der Waals surface area contributed by atoms with Crippen molar-refractivity contribution in [1.29, 1.82) is 0 Å². The first kappa shape index (κ1) is 28.2. The lowest BCUT2D eigenvalue weighted by atomic mass is 10.1. The van der Waals surface area contributed by atoms with Gasteiger partial charge >= 0.3 is 0 Å². The van der Waals surface area contributed by atoms with Crippen LogP contribution in [0.2, 0.25) is 15.1 Å². The Balaban J connectivity index is 2.45. The van der Waals surface area contributed by atoms with Crippen LogP contribution in [0.1, 0.15) is 33.3 Å². The summed E-state index contributed by atoms with van der Waals surface area (Å²) in [7, 11) is -3.92. The summed E-state index contributed by atoms with van der Waals surface area (Å²) in [5.74, 6) is -0.979. The third kappa shape index (κ3) is 7.77. The number of carbonyl (C=O) groups excluding carboxylic acids is 2. The summed E-state index contributed by atoms with van der Waals surface area (Å²) >= 11 is 18.4. The number of halogens is 3. The second-order valence-electron chi connectivity index (χ2n) is 8.91. The molecule has 0 unspecified atom stereocenters. The highest BCUT2D eigenvalue weighted by atomic mass is 35.5. The lowest BCUT2D eigenvalue weighted by molar-refractivity contribution is -0.140. The number of benzene rings is 2. The maximum absolute atomic E-state index is 13.5. The number of hydrogen-bond acceptors (Lipinski definition) is 4. The van der Waals surface area contributed by atoms with E-state index in [0.29, 0.717) is 10.6 Å². The number of hydrogen-bond donors (Lipinski definition) is 1. The zero-order chi connectivity index (χ0) is 25.8. The number of nitrogens with one attached hydrogen (secondary N) is 1. The van der Waals surface area contributed by atoms with Gasteiger partial charge in [0.15, 0.2) is 0 Å². The number of amides is 2. The molecular weight excluding hydrogens is 521 g/mol. The van der Waals surface area contributed by atoms with Gasteiger partial charge in [-0.25, -0.2) is 8.42 Å². The minimum atomic E-state index is -3.92. The first-order valence-corrected chi connectivity index (χ1v) is 13.4. The smallest absolute Gasteiger partial charge is 0.244 e. The number of sulfonamides is 1. The minimum absolute atomic E-state index is 0.00214. The molecule has 7 nitrogen and oxygen atoms in total. The fourth-order valence-corrected chi connectivity index (χ4v) is 4.68. The van der Waals surface area contributed by atoms with Crippen molar-refractivity contribution in [3.8, 4) is 0 Å². The second-order valence-corrected chi connectivity index (χ2v) is 12.0. The van der Waals surface area contributed by atoms with Crippen molar-refractivity contribution >= 4 is 62.3 Å². The van der Waals surface area contributed by atoms with E-state index in [0.717, 1.165) is 10.6 Å². The van der Waals surface area contributed by atoms with Gasteiger partial charge in [-0.05, 0) is 57.5 Å². The fourth-order valence-electron chi connectivity index (χ4n) is 3.17. The van der Waals surface area contributed by atoms with Gasteiger partial charge < -0.3 is 10.2 Å². The molecule has 1 N–H and O–H groups in total. The van der Waals surface area contributed by atoms with E-state index in [1.807, 2.05) is 20.8 Å². The molecule has 0 aliphatic carbocycles. The van der Waals surface area contributed by atoms with Crippen molar-refractivity contribution in [3.63, 3.8) is 0 Å². The number of carbonyl (C=O) groups is 2. The molecule has 0 fully saturated rings. The van der Waals surface area contributed by atoms with E-state index in [1.165, 1.54) is 23.1 Å². The molecule has 0 aromatic heterocycles. The molecule has 186 valence electrons. The SMILES string of the molecule is C[C@H](C(=O)NC(C)(C)C)N(Cc1cccc(Cl)c1)C(=O)CN(c1cccc(Cl)c1Cl)S(C)(=O)=O. The average Bonchev–Trinajstić information content (AvgIpc) is 2.70. The van der Waals surface area contributed by atoms with Gasteiger partial charge in [0, 0.05) is 17.1 Å². The van der Waals surface area contributed by atoms with Crippen LogP contribution in [0.3, 0.4) is 0 Å². The quantitative estimate of drug-likeness (QED) is 0.516. The third-order valence-electron chi connectivity index (χ3n) is 4.79. The average molecular weight is 549 g/mol. The Labute approximate surface area is 216 Å². The first-order chi connectivity index (χ1) is 15.6. The van der Waals surface area contributed by atoms with E-state index >= 15 is 0 Å². The molecule has 0 saturated carbocycles. The monoisotopic (exact) mass is 547 g/mol. The van der Waals surface area contributed by atoms with Crippen molar-refractivity contribution < 1.29 is 18.0 Å². The van der Waals surface area contributed by atoms with Crippen LogP contribution in [0.4, 0.5) is 5.69 Å². The van der Waals surface area contributed by atoms with Crippen LogP contribution in [0, 0.1) is 0 Å². The number of nitrogens with zero attached hydrogens (tertiary/aromatic N) is 2. The van der Waals surface area contributed by atoms with Gasteiger partial charge in [0.25, 0.3) is 0 Å². The zero-order valence-electron chi connectivity index (χ0n) is 19.6. The van der Waals surface area contributed by atoms with E-state index in [1.54, 1.807) is 31.2 Å². The second kappa shape index (κ2) is 11.2. The summed E-state index contributed by atoms with van der Waals surface area (Å²) in [6.45, 7) is 6.53. The Morgan fingerprint density at radius 1 is 1.06 bits per heavy atom. The Bertz CT molecular complexity index is 1170. The Morgan fingerprint density at radius 2 is 1.68 bits per heavy atom. The molecule has 11 heteroatoms. The Kier molecular flexibility index (Phi) is 9.27. The van der Waals surface area contributed by atoms with Gasteiger partial charge in [0.2, 0.25) is 21.8 Å². The topological polar surface area (TPSA) is 86.8 Å². The van der Waals surface area contributed by atoms with E-state index in [2.05, 4.69) is 5.32 Å². The molecule has 1 atom stereocenters. The zero-order valence-corrected chi connectivity index (χ0v) is 22.7. The predicted molar refractivity (Wildman–Crippen MR) is 138 cm³/mol. The van der Waals surface area contributed by atoms with Crippen molar-refractivity contribution in [2.75, 3.05) is 17.1 Å². The van der Waals surface area contributed by atoms with Crippen LogP contribution in [0.15, 0.2) is 42.5 Å². The highest BCUT2D eigenvalue weighted by molar-refractivity contribution is 7.92. The molecule has 0 radical (unpaired) electrons. The highest BCUT2D eigenvalue weighted by Gasteiger charge is 2.32. The molecule has 2 rings (SSSR count). The van der Waals surface area contributed by atoms with Crippen LogP contribution >= 0.6 is 34.8 Å². The third-order valence-corrected chi connectivity index (χ3v) is 6.96. The van der Waals surface area contributed by atoms with Crippen LogP contribution in [-0.2, 0) is 26.2 Å². The summed E-state index contributed by atoms with van der Waals surface area (Å²) in [5, 5.41) is 3.48.